The summed E-state index contributed by atoms with van der Waals surface area (Å²) in [6.07, 6.45) is 0. The van der Waals surface area contributed by atoms with Gasteiger partial charge in [0.15, 0.2) is 16.6 Å². The number of para-hydroxylation sites is 1. The molecule has 4 nitrogen and oxygen atoms in total. The maximum atomic E-state index is 5.76. The Bertz CT molecular complexity index is 926. The third-order valence-corrected chi connectivity index (χ3v) is 5.64. The minimum absolute atomic E-state index is 0.663. The van der Waals surface area contributed by atoms with Crippen molar-refractivity contribution in [3.8, 4) is 11.5 Å². The molecule has 0 unspecified atom stereocenters. The van der Waals surface area contributed by atoms with E-state index < -0.39 is 0 Å². The lowest BCUT2D eigenvalue weighted by atomic mass is 10.2. The van der Waals surface area contributed by atoms with Gasteiger partial charge in [0.1, 0.15) is 0 Å². The van der Waals surface area contributed by atoms with Gasteiger partial charge in [-0.25, -0.2) is 0 Å². The van der Waals surface area contributed by atoms with Crippen molar-refractivity contribution in [2.75, 3.05) is 19.5 Å². The standard InChI is InChI=1S/C22H24N2O2S2/c1-16-7-4-5-9-19(16)23-22(27)24(15-18-8-6-12-28-18)14-17-10-11-20(25-2)21(13-17)26-3/h4-13H,14-15H2,1-3H3,(H,23,27). The Morgan fingerprint density at radius 1 is 1.00 bits per heavy atom. The molecular weight excluding hydrogens is 388 g/mol. The first-order valence-corrected chi connectivity index (χ1v) is 10.2. The Balaban J connectivity index is 1.82. The number of methoxy groups -OCH3 is 2. The lowest BCUT2D eigenvalue weighted by molar-refractivity contribution is 0.353. The van der Waals surface area contributed by atoms with Gasteiger partial charge in [-0.2, -0.15) is 0 Å². The zero-order chi connectivity index (χ0) is 19.9. The number of aryl methyl sites for hydroxylation is 1. The summed E-state index contributed by atoms with van der Waals surface area (Å²) in [6.45, 7) is 3.47. The van der Waals surface area contributed by atoms with E-state index in [2.05, 4.69) is 40.7 Å². The normalized spacial score (nSPS) is 10.4. The number of anilines is 1. The van der Waals surface area contributed by atoms with Gasteiger partial charge in [-0.15, -0.1) is 11.3 Å². The molecule has 0 fully saturated rings. The average molecular weight is 413 g/mol. The number of nitrogens with one attached hydrogen (secondary N) is 1. The van der Waals surface area contributed by atoms with Crippen LogP contribution in [0.4, 0.5) is 5.69 Å². The Labute approximate surface area is 175 Å². The second-order valence-electron chi connectivity index (χ2n) is 6.37. The topological polar surface area (TPSA) is 33.7 Å². The Morgan fingerprint density at radius 2 is 1.79 bits per heavy atom. The predicted octanol–water partition coefficient (Wildman–Crippen LogP) is 5.47. The van der Waals surface area contributed by atoms with E-state index in [0.29, 0.717) is 17.4 Å². The van der Waals surface area contributed by atoms with Gasteiger partial charge in [-0.05, 0) is 59.9 Å². The van der Waals surface area contributed by atoms with Gasteiger partial charge in [0.2, 0.25) is 0 Å². The largest absolute Gasteiger partial charge is 0.493 e. The lowest BCUT2D eigenvalue weighted by Crippen LogP contribution is -2.33. The summed E-state index contributed by atoms with van der Waals surface area (Å²) in [5.74, 6) is 1.44. The summed E-state index contributed by atoms with van der Waals surface area (Å²) < 4.78 is 10.8. The van der Waals surface area contributed by atoms with Crippen molar-refractivity contribution >= 4 is 34.4 Å². The first kappa shape index (κ1) is 20.2. The lowest BCUT2D eigenvalue weighted by Gasteiger charge is -2.26. The predicted molar refractivity (Wildman–Crippen MR) is 121 cm³/mol. The molecule has 0 bridgehead atoms. The third kappa shape index (κ3) is 5.03. The van der Waals surface area contributed by atoms with Crippen LogP contribution in [0.5, 0.6) is 11.5 Å². The van der Waals surface area contributed by atoms with E-state index in [1.807, 2.05) is 36.4 Å². The van der Waals surface area contributed by atoms with Gasteiger partial charge in [-0.1, -0.05) is 30.3 Å². The summed E-state index contributed by atoms with van der Waals surface area (Å²) in [5, 5.41) is 6.18. The molecule has 1 heterocycles. The first-order valence-electron chi connectivity index (χ1n) is 8.95. The van der Waals surface area contributed by atoms with E-state index in [1.165, 1.54) is 4.88 Å². The van der Waals surface area contributed by atoms with Gasteiger partial charge in [-0.3, -0.25) is 0 Å². The fourth-order valence-corrected chi connectivity index (χ4v) is 3.86. The molecule has 0 spiro atoms. The maximum absolute atomic E-state index is 5.76. The molecule has 0 aliphatic carbocycles. The average Bonchev–Trinajstić information content (AvgIpc) is 3.22. The summed E-state index contributed by atoms with van der Waals surface area (Å²) in [7, 11) is 3.29. The van der Waals surface area contributed by atoms with Gasteiger partial charge in [0.05, 0.1) is 20.8 Å². The summed E-state index contributed by atoms with van der Waals surface area (Å²) >= 11 is 7.49. The molecule has 3 aromatic rings. The molecule has 0 atom stereocenters. The van der Waals surface area contributed by atoms with Crippen LogP contribution in [0.15, 0.2) is 60.0 Å². The highest BCUT2D eigenvalue weighted by Crippen LogP contribution is 2.28. The Morgan fingerprint density at radius 3 is 2.46 bits per heavy atom. The van der Waals surface area contributed by atoms with Crippen LogP contribution in [-0.4, -0.2) is 24.2 Å². The fraction of sp³-hybridized carbons (Fsp3) is 0.227. The minimum atomic E-state index is 0.663. The molecule has 0 saturated heterocycles. The van der Waals surface area contributed by atoms with E-state index in [1.54, 1.807) is 25.6 Å². The van der Waals surface area contributed by atoms with Crippen molar-refractivity contribution in [2.24, 2.45) is 0 Å². The molecule has 0 aliphatic rings. The highest BCUT2D eigenvalue weighted by molar-refractivity contribution is 7.80. The van der Waals surface area contributed by atoms with Gasteiger partial charge in [0, 0.05) is 17.1 Å². The number of thiophene rings is 1. The number of thiocarbonyl (C=S) groups is 1. The SMILES string of the molecule is COc1ccc(CN(Cc2cccs2)C(=S)Nc2ccccc2C)cc1OC. The molecule has 1 aromatic heterocycles. The molecule has 146 valence electrons. The van der Waals surface area contributed by atoms with Crippen LogP contribution < -0.4 is 14.8 Å². The molecule has 3 rings (SSSR count). The highest BCUT2D eigenvalue weighted by Gasteiger charge is 2.14. The second-order valence-corrected chi connectivity index (χ2v) is 7.79. The summed E-state index contributed by atoms with van der Waals surface area (Å²) in [5.41, 5.74) is 3.28. The molecule has 28 heavy (non-hydrogen) atoms. The van der Waals surface area contributed by atoms with Crippen molar-refractivity contribution in [2.45, 2.75) is 20.0 Å². The van der Waals surface area contributed by atoms with Crippen LogP contribution in [0.25, 0.3) is 0 Å². The first-order chi connectivity index (χ1) is 13.6. The zero-order valence-electron chi connectivity index (χ0n) is 16.3. The number of hydrogen-bond acceptors (Lipinski definition) is 4. The van der Waals surface area contributed by atoms with Crippen LogP contribution in [0.3, 0.4) is 0 Å². The van der Waals surface area contributed by atoms with Gasteiger partial charge >= 0.3 is 0 Å². The van der Waals surface area contributed by atoms with Gasteiger partial charge in [0.25, 0.3) is 0 Å². The minimum Gasteiger partial charge on any atom is -0.493 e. The van der Waals surface area contributed by atoms with Gasteiger partial charge < -0.3 is 19.7 Å². The van der Waals surface area contributed by atoms with E-state index >= 15 is 0 Å². The van der Waals surface area contributed by atoms with Crippen molar-refractivity contribution < 1.29 is 9.47 Å². The van der Waals surface area contributed by atoms with Crippen LogP contribution in [0, 0.1) is 6.92 Å². The zero-order valence-corrected chi connectivity index (χ0v) is 17.9. The molecule has 1 N–H and O–H groups in total. The number of hydrogen-bond donors (Lipinski definition) is 1. The Kier molecular flexibility index (Phi) is 6.90. The molecule has 0 radical (unpaired) electrons. The van der Waals surface area contributed by atoms with Crippen molar-refractivity contribution in [3.05, 3.63) is 76.0 Å². The monoisotopic (exact) mass is 412 g/mol. The fourth-order valence-electron chi connectivity index (χ4n) is 2.90. The van der Waals surface area contributed by atoms with Crippen LogP contribution in [0.2, 0.25) is 0 Å². The van der Waals surface area contributed by atoms with Crippen LogP contribution >= 0.6 is 23.6 Å². The second kappa shape index (κ2) is 9.57. The van der Waals surface area contributed by atoms with Crippen LogP contribution in [0.1, 0.15) is 16.0 Å². The van der Waals surface area contributed by atoms with E-state index in [-0.39, 0.29) is 0 Å². The quantitative estimate of drug-likeness (QED) is 0.520. The molecular formula is C22H24N2O2S2. The van der Waals surface area contributed by atoms with E-state index in [4.69, 9.17) is 21.7 Å². The smallest absolute Gasteiger partial charge is 0.174 e. The van der Waals surface area contributed by atoms with Crippen molar-refractivity contribution in [1.29, 1.82) is 0 Å². The van der Waals surface area contributed by atoms with Crippen molar-refractivity contribution in [1.82, 2.24) is 4.90 Å². The molecule has 0 amide bonds. The molecule has 2 aromatic carbocycles. The number of benzene rings is 2. The van der Waals surface area contributed by atoms with Crippen molar-refractivity contribution in [3.63, 3.8) is 0 Å². The number of nitrogens with zero attached hydrogens (tertiary/aromatic N) is 1. The third-order valence-electron chi connectivity index (χ3n) is 4.42. The summed E-state index contributed by atoms with van der Waals surface area (Å²) in [4.78, 5) is 3.42. The summed E-state index contributed by atoms with van der Waals surface area (Å²) in [6, 6.07) is 18.3. The highest BCUT2D eigenvalue weighted by atomic mass is 32.1. The molecule has 0 saturated carbocycles. The Hall–Kier alpha value is -2.57. The number of rotatable bonds is 7. The molecule has 6 heteroatoms. The van der Waals surface area contributed by atoms with E-state index in [0.717, 1.165) is 29.1 Å². The molecule has 0 aliphatic heterocycles. The van der Waals surface area contributed by atoms with E-state index in [9.17, 15) is 0 Å². The maximum Gasteiger partial charge on any atom is 0.174 e. The number of ether oxygens (including phenoxy) is 2. The van der Waals surface area contributed by atoms with Crippen LogP contribution in [-0.2, 0) is 13.1 Å².